The molecule has 104 valence electrons. The Morgan fingerprint density at radius 1 is 1.42 bits per heavy atom. The second kappa shape index (κ2) is 6.73. The molecule has 1 fully saturated rings. The van der Waals surface area contributed by atoms with Crippen LogP contribution in [0.15, 0.2) is 18.2 Å². The van der Waals surface area contributed by atoms with E-state index < -0.39 is 0 Å². The van der Waals surface area contributed by atoms with Crippen molar-refractivity contribution >= 4 is 23.0 Å². The van der Waals surface area contributed by atoms with Crippen molar-refractivity contribution in [3.8, 4) is 5.75 Å². The zero-order valence-electron chi connectivity index (χ0n) is 11.3. The third kappa shape index (κ3) is 3.81. The van der Waals surface area contributed by atoms with Crippen LogP contribution >= 0.6 is 12.2 Å². The number of nitrogens with zero attached hydrogens (tertiary/aromatic N) is 1. The molecule has 1 aliphatic heterocycles. The fourth-order valence-electron chi connectivity index (χ4n) is 2.50. The number of nitrogens with two attached hydrogens (primary N) is 1. The van der Waals surface area contributed by atoms with Gasteiger partial charge in [-0.15, -0.1) is 0 Å². The van der Waals surface area contributed by atoms with Crippen LogP contribution in [0.4, 0.5) is 5.69 Å². The molecular weight excluding hydrogens is 258 g/mol. The molecule has 1 aromatic carbocycles. The van der Waals surface area contributed by atoms with Crippen LogP contribution in [0, 0.1) is 0 Å². The van der Waals surface area contributed by atoms with Gasteiger partial charge in [-0.3, -0.25) is 0 Å². The number of ether oxygens (including phenoxy) is 1. The maximum absolute atomic E-state index is 5.59. The van der Waals surface area contributed by atoms with Gasteiger partial charge in [0, 0.05) is 6.54 Å². The van der Waals surface area contributed by atoms with Gasteiger partial charge in [-0.1, -0.05) is 12.1 Å². The number of para-hydroxylation sites is 1. The largest absolute Gasteiger partial charge is 0.495 e. The molecule has 0 aliphatic carbocycles. The fourth-order valence-corrected chi connectivity index (χ4v) is 2.61. The standard InChI is InChI=1S/C14H21N3OS/c1-18-12-6-4-5-11(13(12)16-14(15)19)7-10-17-8-2-3-9-17/h4-6H,2-3,7-10H2,1H3,(H3,15,16,19). The van der Waals surface area contributed by atoms with Crippen LogP contribution in [0.3, 0.4) is 0 Å². The highest BCUT2D eigenvalue weighted by molar-refractivity contribution is 7.80. The molecule has 1 saturated heterocycles. The first-order valence-corrected chi connectivity index (χ1v) is 7.06. The summed E-state index contributed by atoms with van der Waals surface area (Å²) < 4.78 is 5.37. The monoisotopic (exact) mass is 279 g/mol. The van der Waals surface area contributed by atoms with Crippen molar-refractivity contribution in [2.45, 2.75) is 19.3 Å². The molecule has 3 N–H and O–H groups in total. The summed E-state index contributed by atoms with van der Waals surface area (Å²) in [7, 11) is 1.66. The van der Waals surface area contributed by atoms with Crippen LogP contribution in [0.1, 0.15) is 18.4 Å². The van der Waals surface area contributed by atoms with Gasteiger partial charge in [0.15, 0.2) is 5.11 Å². The lowest BCUT2D eigenvalue weighted by Gasteiger charge is -2.18. The van der Waals surface area contributed by atoms with E-state index in [0.717, 1.165) is 24.4 Å². The van der Waals surface area contributed by atoms with Gasteiger partial charge >= 0.3 is 0 Å². The Kier molecular flexibility index (Phi) is 4.99. The molecule has 0 bridgehead atoms. The average Bonchev–Trinajstić information content (AvgIpc) is 2.90. The van der Waals surface area contributed by atoms with Gasteiger partial charge in [0.2, 0.25) is 0 Å². The zero-order chi connectivity index (χ0) is 13.7. The summed E-state index contributed by atoms with van der Waals surface area (Å²) in [6.07, 6.45) is 3.61. The van der Waals surface area contributed by atoms with E-state index >= 15 is 0 Å². The van der Waals surface area contributed by atoms with Gasteiger partial charge < -0.3 is 20.7 Å². The molecule has 2 rings (SSSR count). The van der Waals surface area contributed by atoms with Crippen LogP contribution in [-0.2, 0) is 6.42 Å². The minimum atomic E-state index is 0.270. The number of thiocarbonyl (C=S) groups is 1. The number of hydrogen-bond acceptors (Lipinski definition) is 3. The van der Waals surface area contributed by atoms with E-state index in [1.54, 1.807) is 7.11 Å². The van der Waals surface area contributed by atoms with Crippen molar-refractivity contribution in [1.82, 2.24) is 4.90 Å². The third-order valence-electron chi connectivity index (χ3n) is 3.48. The highest BCUT2D eigenvalue weighted by Gasteiger charge is 2.14. The maximum atomic E-state index is 5.59. The minimum Gasteiger partial charge on any atom is -0.495 e. The lowest BCUT2D eigenvalue weighted by atomic mass is 10.1. The molecule has 1 aromatic rings. The Bertz CT molecular complexity index is 444. The Hall–Kier alpha value is -1.33. The van der Waals surface area contributed by atoms with Crippen molar-refractivity contribution in [3.63, 3.8) is 0 Å². The maximum Gasteiger partial charge on any atom is 0.168 e. The SMILES string of the molecule is COc1cccc(CCN2CCCC2)c1NC(N)=S. The molecule has 0 atom stereocenters. The van der Waals surface area contributed by atoms with E-state index in [1.165, 1.54) is 31.5 Å². The van der Waals surface area contributed by atoms with E-state index in [0.29, 0.717) is 0 Å². The van der Waals surface area contributed by atoms with Gasteiger partial charge in [0.25, 0.3) is 0 Å². The topological polar surface area (TPSA) is 50.5 Å². The van der Waals surface area contributed by atoms with Crippen LogP contribution in [0.25, 0.3) is 0 Å². The van der Waals surface area contributed by atoms with E-state index in [9.17, 15) is 0 Å². The second-order valence-corrected chi connectivity index (χ2v) is 5.22. The summed E-state index contributed by atoms with van der Waals surface area (Å²) in [6.45, 7) is 3.49. The van der Waals surface area contributed by atoms with Crippen LogP contribution < -0.4 is 15.8 Å². The van der Waals surface area contributed by atoms with Crippen LogP contribution in [0.5, 0.6) is 5.75 Å². The zero-order valence-corrected chi connectivity index (χ0v) is 12.1. The minimum absolute atomic E-state index is 0.270. The number of methoxy groups -OCH3 is 1. The van der Waals surface area contributed by atoms with Crippen molar-refractivity contribution in [2.24, 2.45) is 5.73 Å². The molecule has 0 amide bonds. The molecule has 1 heterocycles. The third-order valence-corrected chi connectivity index (χ3v) is 3.58. The number of hydrogen-bond donors (Lipinski definition) is 2. The molecule has 0 spiro atoms. The van der Waals surface area contributed by atoms with Crippen LogP contribution in [0.2, 0.25) is 0 Å². The summed E-state index contributed by atoms with van der Waals surface area (Å²) in [6, 6.07) is 6.02. The molecule has 0 unspecified atom stereocenters. The molecule has 0 radical (unpaired) electrons. The average molecular weight is 279 g/mol. The van der Waals surface area contributed by atoms with E-state index in [-0.39, 0.29) is 5.11 Å². The lowest BCUT2D eigenvalue weighted by Crippen LogP contribution is -2.24. The Labute approximate surface area is 119 Å². The van der Waals surface area contributed by atoms with Gasteiger partial charge in [0.1, 0.15) is 5.75 Å². The summed E-state index contributed by atoms with van der Waals surface area (Å²) in [5.74, 6) is 0.784. The molecular formula is C14H21N3OS. The summed E-state index contributed by atoms with van der Waals surface area (Å²) >= 11 is 4.94. The van der Waals surface area contributed by atoms with Crippen molar-refractivity contribution in [1.29, 1.82) is 0 Å². The number of likely N-dealkylation sites (tertiary alicyclic amines) is 1. The normalized spacial score (nSPS) is 15.4. The highest BCUT2D eigenvalue weighted by atomic mass is 32.1. The summed E-state index contributed by atoms with van der Waals surface area (Å²) in [5.41, 5.74) is 7.68. The van der Waals surface area contributed by atoms with Crippen molar-refractivity contribution in [3.05, 3.63) is 23.8 Å². The molecule has 4 nitrogen and oxygen atoms in total. The van der Waals surface area contributed by atoms with Crippen LogP contribution in [-0.4, -0.2) is 36.8 Å². The quantitative estimate of drug-likeness (QED) is 0.807. The van der Waals surface area contributed by atoms with E-state index in [2.05, 4.69) is 16.3 Å². The number of rotatable bonds is 5. The number of anilines is 1. The first kappa shape index (κ1) is 14.1. The Balaban J connectivity index is 2.10. The van der Waals surface area contributed by atoms with E-state index in [1.807, 2.05) is 12.1 Å². The van der Waals surface area contributed by atoms with Gasteiger partial charge in [-0.05, 0) is 56.2 Å². The smallest absolute Gasteiger partial charge is 0.168 e. The summed E-state index contributed by atoms with van der Waals surface area (Å²) in [4.78, 5) is 2.49. The van der Waals surface area contributed by atoms with Gasteiger partial charge in [0.05, 0.1) is 12.8 Å². The van der Waals surface area contributed by atoms with Crippen molar-refractivity contribution in [2.75, 3.05) is 32.1 Å². The predicted molar refractivity (Wildman–Crippen MR) is 82.8 cm³/mol. The lowest BCUT2D eigenvalue weighted by molar-refractivity contribution is 0.343. The van der Waals surface area contributed by atoms with E-state index in [4.69, 9.17) is 22.7 Å². The highest BCUT2D eigenvalue weighted by Crippen LogP contribution is 2.29. The number of benzene rings is 1. The molecule has 1 aliphatic rings. The molecule has 19 heavy (non-hydrogen) atoms. The Morgan fingerprint density at radius 3 is 2.79 bits per heavy atom. The van der Waals surface area contributed by atoms with Gasteiger partial charge in [-0.25, -0.2) is 0 Å². The first-order chi connectivity index (χ1) is 9.20. The predicted octanol–water partition coefficient (Wildman–Crippen LogP) is 1.99. The Morgan fingerprint density at radius 2 is 2.16 bits per heavy atom. The van der Waals surface area contributed by atoms with Gasteiger partial charge in [-0.2, -0.15) is 0 Å². The number of nitrogens with one attached hydrogen (secondary N) is 1. The molecule has 0 saturated carbocycles. The van der Waals surface area contributed by atoms with Crippen molar-refractivity contribution < 1.29 is 4.74 Å². The summed E-state index contributed by atoms with van der Waals surface area (Å²) in [5, 5.41) is 3.30. The fraction of sp³-hybridized carbons (Fsp3) is 0.500. The second-order valence-electron chi connectivity index (χ2n) is 4.78. The first-order valence-electron chi connectivity index (χ1n) is 6.65. The molecule has 5 heteroatoms. The molecule has 0 aromatic heterocycles.